The van der Waals surface area contributed by atoms with Gasteiger partial charge < -0.3 is 9.84 Å². The third kappa shape index (κ3) is 5.99. The van der Waals surface area contributed by atoms with Crippen LogP contribution in [0.15, 0.2) is 30.3 Å². The zero-order valence-corrected chi connectivity index (χ0v) is 11.8. The molecule has 0 aliphatic heterocycles. The van der Waals surface area contributed by atoms with Gasteiger partial charge in [0.1, 0.15) is 6.10 Å². The summed E-state index contributed by atoms with van der Waals surface area (Å²) in [6, 6.07) is 9.74. The van der Waals surface area contributed by atoms with E-state index in [1.54, 1.807) is 6.92 Å². The first-order valence-corrected chi connectivity index (χ1v) is 7.01. The molecule has 0 heterocycles. The fraction of sp³-hybridized carbons (Fsp3) is 0.562. The molecule has 0 amide bonds. The van der Waals surface area contributed by atoms with Crippen LogP contribution in [-0.2, 0) is 16.1 Å². The third-order valence-electron chi connectivity index (χ3n) is 3.16. The summed E-state index contributed by atoms with van der Waals surface area (Å²) in [4.78, 5) is 11.7. The summed E-state index contributed by atoms with van der Waals surface area (Å²) in [6.45, 7) is 4.25. The molecule has 1 N–H and O–H groups in total. The van der Waals surface area contributed by atoms with E-state index in [1.807, 2.05) is 30.3 Å². The van der Waals surface area contributed by atoms with Crippen molar-refractivity contribution < 1.29 is 14.6 Å². The van der Waals surface area contributed by atoms with Crippen LogP contribution in [-0.4, -0.2) is 23.1 Å². The van der Waals surface area contributed by atoms with Crippen molar-refractivity contribution >= 4 is 5.78 Å². The largest absolute Gasteiger partial charge is 0.383 e. The van der Waals surface area contributed by atoms with Crippen molar-refractivity contribution in [2.24, 2.45) is 0 Å². The van der Waals surface area contributed by atoms with E-state index >= 15 is 0 Å². The molecule has 0 saturated heterocycles. The Morgan fingerprint density at radius 3 is 2.58 bits per heavy atom. The fourth-order valence-corrected chi connectivity index (χ4v) is 1.85. The number of ketones is 1. The highest BCUT2D eigenvalue weighted by atomic mass is 16.5. The zero-order valence-electron chi connectivity index (χ0n) is 11.8. The molecule has 0 saturated carbocycles. The second-order valence-electron chi connectivity index (χ2n) is 4.87. The maximum absolute atomic E-state index is 11.7. The Balaban J connectivity index is 2.31. The minimum atomic E-state index is -1.01. The van der Waals surface area contributed by atoms with E-state index in [9.17, 15) is 9.90 Å². The number of rotatable bonds is 9. The van der Waals surface area contributed by atoms with Crippen LogP contribution in [0.1, 0.15) is 45.1 Å². The van der Waals surface area contributed by atoms with Gasteiger partial charge >= 0.3 is 0 Å². The van der Waals surface area contributed by atoms with Gasteiger partial charge in [0, 0.05) is 6.42 Å². The van der Waals surface area contributed by atoms with Gasteiger partial charge in [0.2, 0.25) is 0 Å². The molecule has 1 aromatic rings. The summed E-state index contributed by atoms with van der Waals surface area (Å²) in [6.07, 6.45) is 1.90. The van der Waals surface area contributed by atoms with Crippen LogP contribution in [0.5, 0.6) is 0 Å². The molecule has 1 rings (SSSR count). The highest BCUT2D eigenvalue weighted by Crippen LogP contribution is 2.10. The van der Waals surface area contributed by atoms with E-state index in [0.717, 1.165) is 24.8 Å². The predicted molar refractivity (Wildman–Crippen MR) is 75.8 cm³/mol. The number of benzene rings is 1. The summed E-state index contributed by atoms with van der Waals surface area (Å²) in [7, 11) is 0. The molecule has 0 unspecified atom stereocenters. The van der Waals surface area contributed by atoms with Gasteiger partial charge in [-0.05, 0) is 18.9 Å². The Morgan fingerprint density at radius 2 is 1.95 bits per heavy atom. The lowest BCUT2D eigenvalue weighted by molar-refractivity contribution is -0.135. The van der Waals surface area contributed by atoms with Gasteiger partial charge in [0.15, 0.2) is 5.78 Å². The topological polar surface area (TPSA) is 46.5 Å². The third-order valence-corrected chi connectivity index (χ3v) is 3.16. The molecular weight excluding hydrogens is 240 g/mol. The number of unbranched alkanes of at least 4 members (excludes halogenated alkanes) is 2. The molecule has 0 aliphatic carbocycles. The number of ether oxygens (including phenoxy) is 1. The summed E-state index contributed by atoms with van der Waals surface area (Å²) in [5.74, 6) is -0.117. The van der Waals surface area contributed by atoms with Crippen molar-refractivity contribution in [3.05, 3.63) is 35.9 Å². The average Bonchev–Trinajstić information content (AvgIpc) is 2.45. The van der Waals surface area contributed by atoms with E-state index in [1.165, 1.54) is 0 Å². The van der Waals surface area contributed by atoms with Crippen molar-refractivity contribution in [3.63, 3.8) is 0 Å². The van der Waals surface area contributed by atoms with Crippen LogP contribution >= 0.6 is 0 Å². The molecule has 3 nitrogen and oxygen atoms in total. The molecule has 0 aliphatic rings. The maximum atomic E-state index is 11.7. The first-order chi connectivity index (χ1) is 9.15. The van der Waals surface area contributed by atoms with Gasteiger partial charge in [-0.2, -0.15) is 0 Å². The molecule has 1 aromatic carbocycles. The van der Waals surface area contributed by atoms with Crippen LogP contribution in [0.4, 0.5) is 0 Å². The van der Waals surface area contributed by atoms with Gasteiger partial charge in [0.05, 0.1) is 12.7 Å². The Hall–Kier alpha value is -1.19. The SMILES string of the molecule is CCCCCC(=O)[C@H](O)[C@H](C)OCc1ccccc1. The van der Waals surface area contributed by atoms with E-state index in [4.69, 9.17) is 4.74 Å². The maximum Gasteiger partial charge on any atom is 0.163 e. The van der Waals surface area contributed by atoms with Crippen LogP contribution in [0, 0.1) is 0 Å². The minimum Gasteiger partial charge on any atom is -0.383 e. The fourth-order valence-electron chi connectivity index (χ4n) is 1.85. The quantitative estimate of drug-likeness (QED) is 0.697. The van der Waals surface area contributed by atoms with Crippen molar-refractivity contribution in [1.82, 2.24) is 0 Å². The lowest BCUT2D eigenvalue weighted by Gasteiger charge is -2.18. The Kier molecular flexibility index (Phi) is 7.38. The van der Waals surface area contributed by atoms with E-state index in [-0.39, 0.29) is 5.78 Å². The minimum absolute atomic E-state index is 0.117. The highest BCUT2D eigenvalue weighted by molar-refractivity contribution is 5.83. The second-order valence-corrected chi connectivity index (χ2v) is 4.87. The number of Topliss-reactive ketones (excluding diaryl/α,β-unsaturated/α-hetero) is 1. The van der Waals surface area contributed by atoms with Gasteiger partial charge in [-0.3, -0.25) is 4.79 Å². The molecule has 19 heavy (non-hydrogen) atoms. The van der Waals surface area contributed by atoms with E-state index in [0.29, 0.717) is 13.0 Å². The van der Waals surface area contributed by atoms with E-state index in [2.05, 4.69) is 6.92 Å². The number of carbonyl (C=O) groups is 1. The van der Waals surface area contributed by atoms with Crippen LogP contribution in [0.25, 0.3) is 0 Å². The van der Waals surface area contributed by atoms with Gasteiger partial charge in [0.25, 0.3) is 0 Å². The van der Waals surface area contributed by atoms with Crippen molar-refractivity contribution in [1.29, 1.82) is 0 Å². The molecular formula is C16H24O3. The monoisotopic (exact) mass is 264 g/mol. The number of aliphatic hydroxyl groups excluding tert-OH is 1. The normalized spacial score (nSPS) is 14.1. The Morgan fingerprint density at radius 1 is 1.26 bits per heavy atom. The second kappa shape index (κ2) is 8.83. The molecule has 0 fully saturated rings. The Bertz CT molecular complexity index is 362. The van der Waals surface area contributed by atoms with Crippen LogP contribution in [0.3, 0.4) is 0 Å². The standard InChI is InChI=1S/C16H24O3/c1-3-4-6-11-15(17)16(18)13(2)19-12-14-9-7-5-8-10-14/h5,7-10,13,16,18H,3-4,6,11-12H2,1-2H3/t13-,16+/m0/s1. The molecule has 0 bridgehead atoms. The molecule has 106 valence electrons. The van der Waals surface area contributed by atoms with Crippen molar-refractivity contribution in [2.75, 3.05) is 0 Å². The number of carbonyl (C=O) groups excluding carboxylic acids is 1. The molecule has 0 aromatic heterocycles. The summed E-state index contributed by atoms with van der Waals surface area (Å²) >= 11 is 0. The number of hydrogen-bond acceptors (Lipinski definition) is 3. The molecule has 0 radical (unpaired) electrons. The number of aliphatic hydroxyl groups is 1. The first kappa shape index (κ1) is 15.9. The molecule has 3 heteroatoms. The molecule has 0 spiro atoms. The van der Waals surface area contributed by atoms with Crippen molar-refractivity contribution in [2.45, 2.75) is 58.3 Å². The lowest BCUT2D eigenvalue weighted by atomic mass is 10.0. The smallest absolute Gasteiger partial charge is 0.163 e. The van der Waals surface area contributed by atoms with Crippen LogP contribution in [0.2, 0.25) is 0 Å². The summed E-state index contributed by atoms with van der Waals surface area (Å²) in [5.41, 5.74) is 1.04. The number of hydrogen-bond donors (Lipinski definition) is 1. The summed E-state index contributed by atoms with van der Waals surface area (Å²) in [5, 5.41) is 9.89. The van der Waals surface area contributed by atoms with Gasteiger partial charge in [-0.15, -0.1) is 0 Å². The predicted octanol–water partition coefficient (Wildman–Crippen LogP) is 3.10. The molecule has 2 atom stereocenters. The summed E-state index contributed by atoms with van der Waals surface area (Å²) < 4.78 is 5.55. The highest BCUT2D eigenvalue weighted by Gasteiger charge is 2.22. The van der Waals surface area contributed by atoms with Crippen molar-refractivity contribution in [3.8, 4) is 0 Å². The zero-order chi connectivity index (χ0) is 14.1. The Labute approximate surface area is 115 Å². The van der Waals surface area contributed by atoms with Crippen LogP contribution < -0.4 is 0 Å². The van der Waals surface area contributed by atoms with Gasteiger partial charge in [-0.1, -0.05) is 50.1 Å². The van der Waals surface area contributed by atoms with E-state index < -0.39 is 12.2 Å². The van der Waals surface area contributed by atoms with Gasteiger partial charge in [-0.25, -0.2) is 0 Å². The lowest BCUT2D eigenvalue weighted by Crippen LogP contribution is -2.33. The average molecular weight is 264 g/mol. The first-order valence-electron chi connectivity index (χ1n) is 7.01.